The third-order valence-electron chi connectivity index (χ3n) is 1.95. The van der Waals surface area contributed by atoms with Gasteiger partial charge in [0.2, 0.25) is 0 Å². The summed E-state index contributed by atoms with van der Waals surface area (Å²) in [5, 5.41) is 0. The summed E-state index contributed by atoms with van der Waals surface area (Å²) in [5.74, 6) is -0.275. The molecule has 0 fully saturated rings. The van der Waals surface area contributed by atoms with E-state index in [1.165, 1.54) is 6.92 Å². The predicted octanol–water partition coefficient (Wildman–Crippen LogP) is 1.80. The minimum absolute atomic E-state index is 0.0144. The van der Waals surface area contributed by atoms with Crippen molar-refractivity contribution < 1.29 is 14.3 Å². The Labute approximate surface area is 79.5 Å². The summed E-state index contributed by atoms with van der Waals surface area (Å²) in [5.41, 5.74) is 0. The number of Topliss-reactive ketones (excluding diaryl/α,β-unsaturated/α-hetero) is 1. The molecule has 0 saturated carbocycles. The molecule has 0 saturated heterocycles. The van der Waals surface area contributed by atoms with Crippen LogP contribution in [0.4, 0.5) is 0 Å². The molecule has 0 N–H and O–H groups in total. The third kappa shape index (κ3) is 4.65. The van der Waals surface area contributed by atoms with E-state index in [0.717, 1.165) is 6.42 Å². The molecule has 0 aromatic carbocycles. The van der Waals surface area contributed by atoms with Crippen molar-refractivity contribution in [2.75, 3.05) is 6.61 Å². The summed E-state index contributed by atoms with van der Waals surface area (Å²) in [7, 11) is 0. The van der Waals surface area contributed by atoms with Crippen LogP contribution in [-0.4, -0.2) is 18.4 Å². The molecule has 0 amide bonds. The average Bonchev–Trinajstić information content (AvgIpc) is 2.04. The monoisotopic (exact) mass is 186 g/mol. The molecule has 0 radical (unpaired) electrons. The summed E-state index contributed by atoms with van der Waals surface area (Å²) in [6, 6.07) is 0. The standard InChI is InChI=1S/C10H18O3/c1-5-9(6-13-8(4)11)10(12)7(2)3/h7,9H,5-6H2,1-4H3. The van der Waals surface area contributed by atoms with Crippen LogP contribution in [0, 0.1) is 11.8 Å². The van der Waals surface area contributed by atoms with Gasteiger partial charge in [-0.1, -0.05) is 20.8 Å². The molecule has 0 rings (SSSR count). The van der Waals surface area contributed by atoms with Crippen molar-refractivity contribution in [3.8, 4) is 0 Å². The maximum Gasteiger partial charge on any atom is 0.302 e. The zero-order valence-corrected chi connectivity index (χ0v) is 8.79. The van der Waals surface area contributed by atoms with Crippen LogP contribution in [0.2, 0.25) is 0 Å². The molecule has 0 spiro atoms. The van der Waals surface area contributed by atoms with Gasteiger partial charge in [0.1, 0.15) is 12.4 Å². The second-order valence-corrected chi connectivity index (χ2v) is 3.46. The smallest absolute Gasteiger partial charge is 0.302 e. The molecular weight excluding hydrogens is 168 g/mol. The first kappa shape index (κ1) is 12.1. The fraction of sp³-hybridized carbons (Fsp3) is 0.800. The van der Waals surface area contributed by atoms with Gasteiger partial charge in [0.05, 0.1) is 5.92 Å². The highest BCUT2D eigenvalue weighted by molar-refractivity contribution is 5.83. The van der Waals surface area contributed by atoms with Crippen molar-refractivity contribution in [3.05, 3.63) is 0 Å². The summed E-state index contributed by atoms with van der Waals surface area (Å²) < 4.78 is 4.81. The highest BCUT2D eigenvalue weighted by atomic mass is 16.5. The van der Waals surface area contributed by atoms with Crippen molar-refractivity contribution >= 4 is 11.8 Å². The number of hydrogen-bond acceptors (Lipinski definition) is 3. The highest BCUT2D eigenvalue weighted by Crippen LogP contribution is 2.11. The van der Waals surface area contributed by atoms with Crippen LogP contribution in [-0.2, 0) is 14.3 Å². The Morgan fingerprint density at radius 3 is 2.15 bits per heavy atom. The third-order valence-corrected chi connectivity index (χ3v) is 1.95. The van der Waals surface area contributed by atoms with Crippen molar-refractivity contribution in [2.45, 2.75) is 34.1 Å². The van der Waals surface area contributed by atoms with E-state index < -0.39 is 0 Å². The SMILES string of the molecule is CCC(COC(C)=O)C(=O)C(C)C. The van der Waals surface area contributed by atoms with Gasteiger partial charge < -0.3 is 4.74 Å². The van der Waals surface area contributed by atoms with E-state index in [4.69, 9.17) is 4.74 Å². The largest absolute Gasteiger partial charge is 0.465 e. The molecule has 3 heteroatoms. The van der Waals surface area contributed by atoms with E-state index in [9.17, 15) is 9.59 Å². The average molecular weight is 186 g/mol. The molecule has 1 unspecified atom stereocenters. The van der Waals surface area contributed by atoms with Gasteiger partial charge in [-0.2, -0.15) is 0 Å². The molecule has 13 heavy (non-hydrogen) atoms. The fourth-order valence-corrected chi connectivity index (χ4v) is 1.09. The Kier molecular flexibility index (Phi) is 5.35. The summed E-state index contributed by atoms with van der Waals surface area (Å²) in [6.45, 7) is 7.22. The summed E-state index contributed by atoms with van der Waals surface area (Å²) in [6.07, 6.45) is 0.726. The van der Waals surface area contributed by atoms with Crippen LogP contribution >= 0.6 is 0 Å². The van der Waals surface area contributed by atoms with E-state index in [-0.39, 0.29) is 30.2 Å². The van der Waals surface area contributed by atoms with Crippen molar-refractivity contribution in [2.24, 2.45) is 11.8 Å². The van der Waals surface area contributed by atoms with Crippen LogP contribution in [0.5, 0.6) is 0 Å². The normalized spacial score (nSPS) is 12.7. The van der Waals surface area contributed by atoms with Gasteiger partial charge in [0.25, 0.3) is 0 Å². The summed E-state index contributed by atoms with van der Waals surface area (Å²) in [4.78, 5) is 22.0. The first-order valence-corrected chi connectivity index (χ1v) is 4.66. The van der Waals surface area contributed by atoms with E-state index >= 15 is 0 Å². The first-order chi connectivity index (χ1) is 5.99. The Morgan fingerprint density at radius 2 is 1.85 bits per heavy atom. The molecule has 0 aromatic rings. The number of rotatable bonds is 5. The van der Waals surface area contributed by atoms with E-state index in [1.54, 1.807) is 0 Å². The van der Waals surface area contributed by atoms with Gasteiger partial charge in [0.15, 0.2) is 0 Å². The molecular formula is C10H18O3. The second kappa shape index (κ2) is 5.73. The molecule has 0 bridgehead atoms. The molecule has 0 aliphatic carbocycles. The lowest BCUT2D eigenvalue weighted by atomic mass is 9.94. The predicted molar refractivity (Wildman–Crippen MR) is 50.3 cm³/mol. The first-order valence-electron chi connectivity index (χ1n) is 4.66. The molecule has 0 aromatic heterocycles. The van der Waals surface area contributed by atoms with E-state index in [1.807, 2.05) is 20.8 Å². The van der Waals surface area contributed by atoms with Crippen LogP contribution in [0.15, 0.2) is 0 Å². The van der Waals surface area contributed by atoms with Gasteiger partial charge in [-0.15, -0.1) is 0 Å². The molecule has 0 heterocycles. The van der Waals surface area contributed by atoms with E-state index in [0.29, 0.717) is 0 Å². The maximum absolute atomic E-state index is 11.5. The van der Waals surface area contributed by atoms with Crippen LogP contribution in [0.1, 0.15) is 34.1 Å². The topological polar surface area (TPSA) is 43.4 Å². The number of ether oxygens (including phenoxy) is 1. The lowest BCUT2D eigenvalue weighted by Gasteiger charge is -2.15. The quantitative estimate of drug-likeness (QED) is 0.615. The number of carbonyl (C=O) groups is 2. The van der Waals surface area contributed by atoms with Gasteiger partial charge in [0, 0.05) is 12.8 Å². The summed E-state index contributed by atoms with van der Waals surface area (Å²) >= 11 is 0. The van der Waals surface area contributed by atoms with E-state index in [2.05, 4.69) is 0 Å². The Bertz CT molecular complexity index is 185. The maximum atomic E-state index is 11.5. The number of ketones is 1. The molecule has 0 aliphatic heterocycles. The van der Waals surface area contributed by atoms with Gasteiger partial charge in [-0.25, -0.2) is 0 Å². The van der Waals surface area contributed by atoms with Crippen LogP contribution < -0.4 is 0 Å². The van der Waals surface area contributed by atoms with Crippen LogP contribution in [0.3, 0.4) is 0 Å². The van der Waals surface area contributed by atoms with Crippen molar-refractivity contribution in [1.29, 1.82) is 0 Å². The number of carbonyl (C=O) groups excluding carboxylic acids is 2. The second-order valence-electron chi connectivity index (χ2n) is 3.46. The van der Waals surface area contributed by atoms with Crippen LogP contribution in [0.25, 0.3) is 0 Å². The Hall–Kier alpha value is -0.860. The lowest BCUT2D eigenvalue weighted by Crippen LogP contribution is -2.24. The zero-order chi connectivity index (χ0) is 10.4. The van der Waals surface area contributed by atoms with Crippen molar-refractivity contribution in [1.82, 2.24) is 0 Å². The van der Waals surface area contributed by atoms with Gasteiger partial charge in [-0.05, 0) is 6.42 Å². The van der Waals surface area contributed by atoms with Gasteiger partial charge in [-0.3, -0.25) is 9.59 Å². The highest BCUT2D eigenvalue weighted by Gasteiger charge is 2.20. The molecule has 3 nitrogen and oxygen atoms in total. The number of esters is 1. The fourth-order valence-electron chi connectivity index (χ4n) is 1.09. The molecule has 1 atom stereocenters. The minimum Gasteiger partial charge on any atom is -0.465 e. The minimum atomic E-state index is -0.324. The molecule has 76 valence electrons. The van der Waals surface area contributed by atoms with Crippen molar-refractivity contribution in [3.63, 3.8) is 0 Å². The number of hydrogen-bond donors (Lipinski definition) is 0. The molecule has 0 aliphatic rings. The van der Waals surface area contributed by atoms with Gasteiger partial charge >= 0.3 is 5.97 Å². The zero-order valence-electron chi connectivity index (χ0n) is 8.79. The Morgan fingerprint density at radius 1 is 1.31 bits per heavy atom. The lowest BCUT2D eigenvalue weighted by molar-refractivity contribution is -0.144. The Balaban J connectivity index is 4.02.